The monoisotopic (exact) mass is 234 g/mol. The Bertz CT molecular complexity index is 418. The van der Waals surface area contributed by atoms with Crippen LogP contribution in [0.25, 0.3) is 0 Å². The van der Waals surface area contributed by atoms with E-state index in [1.165, 1.54) is 18.2 Å². The molecule has 0 aromatic heterocycles. The first-order valence-corrected chi connectivity index (χ1v) is 5.86. The second kappa shape index (κ2) is 5.19. The van der Waals surface area contributed by atoms with Crippen LogP contribution in [0.5, 0.6) is 0 Å². The fourth-order valence-corrected chi connectivity index (χ4v) is 2.24. The van der Waals surface area contributed by atoms with Crippen molar-refractivity contribution < 1.29 is 9.53 Å². The molecular formula is C13H18N2O2. The van der Waals surface area contributed by atoms with Crippen molar-refractivity contribution in [2.75, 3.05) is 25.9 Å². The zero-order chi connectivity index (χ0) is 12.3. The zero-order valence-corrected chi connectivity index (χ0v) is 10.1. The zero-order valence-electron chi connectivity index (χ0n) is 10.1. The molecule has 0 saturated carbocycles. The minimum atomic E-state index is -0.150. The fourth-order valence-electron chi connectivity index (χ4n) is 2.24. The van der Waals surface area contributed by atoms with Crippen LogP contribution in [0.3, 0.4) is 0 Å². The summed E-state index contributed by atoms with van der Waals surface area (Å²) in [6.07, 6.45) is 1.41. The van der Waals surface area contributed by atoms with Crippen LogP contribution in [0.4, 0.5) is 5.69 Å². The van der Waals surface area contributed by atoms with Gasteiger partial charge in [0.1, 0.15) is 0 Å². The Morgan fingerprint density at radius 1 is 1.53 bits per heavy atom. The molecule has 1 aromatic rings. The van der Waals surface area contributed by atoms with Gasteiger partial charge in [-0.1, -0.05) is 12.1 Å². The van der Waals surface area contributed by atoms with Gasteiger partial charge in [0.15, 0.2) is 0 Å². The van der Waals surface area contributed by atoms with Crippen LogP contribution in [-0.2, 0) is 22.5 Å². The average Bonchev–Trinajstić information content (AvgIpc) is 2.36. The van der Waals surface area contributed by atoms with E-state index in [0.717, 1.165) is 31.7 Å². The van der Waals surface area contributed by atoms with Crippen molar-refractivity contribution in [2.24, 2.45) is 0 Å². The predicted octanol–water partition coefficient (Wildman–Crippen LogP) is 1.19. The van der Waals surface area contributed by atoms with Gasteiger partial charge in [-0.25, -0.2) is 0 Å². The van der Waals surface area contributed by atoms with E-state index in [2.05, 4.69) is 15.7 Å². The van der Waals surface area contributed by atoms with Crippen molar-refractivity contribution in [3.05, 3.63) is 29.3 Å². The maximum Gasteiger partial charge on any atom is 0.306 e. The van der Waals surface area contributed by atoms with Gasteiger partial charge in [-0.3, -0.25) is 9.69 Å². The third-order valence-electron chi connectivity index (χ3n) is 3.24. The summed E-state index contributed by atoms with van der Waals surface area (Å²) >= 11 is 0. The molecule has 0 unspecified atom stereocenters. The lowest BCUT2D eigenvalue weighted by atomic mass is 9.98. The Morgan fingerprint density at radius 3 is 3.12 bits per heavy atom. The summed E-state index contributed by atoms with van der Waals surface area (Å²) in [5, 5.41) is 0. The lowest BCUT2D eigenvalue weighted by molar-refractivity contribution is -0.141. The topological polar surface area (TPSA) is 55.6 Å². The molecule has 17 heavy (non-hydrogen) atoms. The third-order valence-corrected chi connectivity index (χ3v) is 3.24. The molecule has 1 aliphatic rings. The average molecular weight is 234 g/mol. The molecule has 92 valence electrons. The molecule has 0 saturated heterocycles. The number of hydrogen-bond donors (Lipinski definition) is 1. The maximum atomic E-state index is 11.1. The Hall–Kier alpha value is -1.55. The van der Waals surface area contributed by atoms with Gasteiger partial charge in [-0.2, -0.15) is 0 Å². The lowest BCUT2D eigenvalue weighted by Crippen LogP contribution is -2.32. The lowest BCUT2D eigenvalue weighted by Gasteiger charge is -2.29. The largest absolute Gasteiger partial charge is 0.469 e. The van der Waals surface area contributed by atoms with E-state index < -0.39 is 0 Å². The highest BCUT2D eigenvalue weighted by atomic mass is 16.5. The first kappa shape index (κ1) is 11.9. The summed E-state index contributed by atoms with van der Waals surface area (Å²) in [6.45, 7) is 2.58. The summed E-state index contributed by atoms with van der Waals surface area (Å²) in [5.74, 6) is -0.150. The Morgan fingerprint density at radius 2 is 2.35 bits per heavy atom. The summed E-state index contributed by atoms with van der Waals surface area (Å²) in [4.78, 5) is 13.3. The molecule has 0 atom stereocenters. The fraction of sp³-hybridized carbons (Fsp3) is 0.462. The smallest absolute Gasteiger partial charge is 0.306 e. The molecule has 2 N–H and O–H groups in total. The summed E-state index contributed by atoms with van der Waals surface area (Å²) in [5.41, 5.74) is 9.37. The van der Waals surface area contributed by atoms with E-state index in [1.54, 1.807) is 0 Å². The van der Waals surface area contributed by atoms with Gasteiger partial charge in [-0.05, 0) is 23.6 Å². The van der Waals surface area contributed by atoms with Crippen molar-refractivity contribution in [3.63, 3.8) is 0 Å². The molecule has 4 nitrogen and oxygen atoms in total. The van der Waals surface area contributed by atoms with Gasteiger partial charge in [0.2, 0.25) is 0 Å². The second-order valence-electron chi connectivity index (χ2n) is 4.34. The van der Waals surface area contributed by atoms with Crippen LogP contribution in [0, 0.1) is 0 Å². The molecule has 1 aliphatic heterocycles. The quantitative estimate of drug-likeness (QED) is 0.630. The van der Waals surface area contributed by atoms with Crippen LogP contribution in [0.15, 0.2) is 18.2 Å². The van der Waals surface area contributed by atoms with Crippen LogP contribution >= 0.6 is 0 Å². The van der Waals surface area contributed by atoms with E-state index in [1.807, 2.05) is 12.1 Å². The van der Waals surface area contributed by atoms with E-state index in [4.69, 9.17) is 5.73 Å². The van der Waals surface area contributed by atoms with E-state index in [-0.39, 0.29) is 5.97 Å². The number of rotatable bonds is 3. The first-order chi connectivity index (χ1) is 8.20. The standard InChI is InChI=1S/C13H18N2O2/c1-17-13(16)6-8-15-7-5-11-10(9-15)3-2-4-12(11)14/h2-4H,5-9,14H2,1H3. The summed E-state index contributed by atoms with van der Waals surface area (Å²) in [6, 6.07) is 6.04. The van der Waals surface area contributed by atoms with Crippen molar-refractivity contribution >= 4 is 11.7 Å². The molecule has 0 bridgehead atoms. The molecule has 0 aliphatic carbocycles. The minimum absolute atomic E-state index is 0.150. The first-order valence-electron chi connectivity index (χ1n) is 5.86. The number of nitrogens with two attached hydrogens (primary N) is 1. The van der Waals surface area contributed by atoms with Gasteiger partial charge in [-0.15, -0.1) is 0 Å². The van der Waals surface area contributed by atoms with E-state index >= 15 is 0 Å². The minimum Gasteiger partial charge on any atom is -0.469 e. The van der Waals surface area contributed by atoms with Gasteiger partial charge in [0.05, 0.1) is 13.5 Å². The van der Waals surface area contributed by atoms with Gasteiger partial charge in [0, 0.05) is 25.3 Å². The molecule has 0 amide bonds. The molecule has 1 aromatic carbocycles. The Kier molecular flexibility index (Phi) is 3.64. The molecule has 0 radical (unpaired) electrons. The molecular weight excluding hydrogens is 216 g/mol. The van der Waals surface area contributed by atoms with Gasteiger partial charge >= 0.3 is 5.97 Å². The molecule has 0 fully saturated rings. The number of nitrogen functional groups attached to an aromatic ring is 1. The Labute approximate surface area is 101 Å². The summed E-state index contributed by atoms with van der Waals surface area (Å²) < 4.78 is 4.64. The predicted molar refractivity (Wildman–Crippen MR) is 66.5 cm³/mol. The number of hydrogen-bond acceptors (Lipinski definition) is 4. The Balaban J connectivity index is 1.97. The van der Waals surface area contributed by atoms with Crippen molar-refractivity contribution in [3.8, 4) is 0 Å². The third kappa shape index (κ3) is 2.77. The van der Waals surface area contributed by atoms with Crippen LogP contribution in [0.2, 0.25) is 0 Å². The number of carbonyl (C=O) groups is 1. The molecule has 4 heteroatoms. The van der Waals surface area contributed by atoms with Crippen LogP contribution in [-0.4, -0.2) is 31.1 Å². The maximum absolute atomic E-state index is 11.1. The van der Waals surface area contributed by atoms with Crippen LogP contribution in [0.1, 0.15) is 17.5 Å². The number of esters is 1. The SMILES string of the molecule is COC(=O)CCN1CCc2c(N)cccc2C1. The molecule has 0 spiro atoms. The molecule has 2 rings (SSSR count). The summed E-state index contributed by atoms with van der Waals surface area (Å²) in [7, 11) is 1.43. The second-order valence-corrected chi connectivity index (χ2v) is 4.34. The van der Waals surface area contributed by atoms with Gasteiger partial charge in [0.25, 0.3) is 0 Å². The normalized spacial score (nSPS) is 15.4. The van der Waals surface area contributed by atoms with Crippen molar-refractivity contribution in [2.45, 2.75) is 19.4 Å². The highest BCUT2D eigenvalue weighted by Crippen LogP contribution is 2.23. The van der Waals surface area contributed by atoms with Gasteiger partial charge < -0.3 is 10.5 Å². The van der Waals surface area contributed by atoms with E-state index in [9.17, 15) is 4.79 Å². The number of anilines is 1. The van der Waals surface area contributed by atoms with Crippen molar-refractivity contribution in [1.29, 1.82) is 0 Å². The number of benzene rings is 1. The van der Waals surface area contributed by atoms with E-state index in [0.29, 0.717) is 6.42 Å². The molecule has 1 heterocycles. The highest BCUT2D eigenvalue weighted by molar-refractivity contribution is 5.69. The van der Waals surface area contributed by atoms with Crippen LogP contribution < -0.4 is 5.73 Å². The van der Waals surface area contributed by atoms with Crippen molar-refractivity contribution in [1.82, 2.24) is 4.90 Å². The number of nitrogens with zero attached hydrogens (tertiary/aromatic N) is 1. The highest BCUT2D eigenvalue weighted by Gasteiger charge is 2.18. The number of carbonyl (C=O) groups excluding carboxylic acids is 1. The number of methoxy groups -OCH3 is 1. The number of ether oxygens (including phenoxy) is 1. The number of fused-ring (bicyclic) bond motifs is 1.